The number of hydrogen-bond acceptors (Lipinski definition) is 7. The number of nitrogens with two attached hydrogens (primary N) is 1. The third kappa shape index (κ3) is 2.52. The lowest BCUT2D eigenvalue weighted by Gasteiger charge is -2.34. The number of nitrogens with zero attached hydrogens (tertiary/aromatic N) is 4. The van der Waals surface area contributed by atoms with Gasteiger partial charge in [0.05, 0.1) is 27.9 Å². The highest BCUT2D eigenvalue weighted by atomic mass is 19.1. The summed E-state index contributed by atoms with van der Waals surface area (Å²) in [5, 5.41) is 8.80. The summed E-state index contributed by atoms with van der Waals surface area (Å²) < 4.78 is 24.1. The molecule has 0 spiro atoms. The lowest BCUT2D eigenvalue weighted by molar-refractivity contribution is 0.229. The van der Waals surface area contributed by atoms with E-state index in [0.29, 0.717) is 39.8 Å². The van der Waals surface area contributed by atoms with E-state index in [1.54, 1.807) is 12.1 Å². The lowest BCUT2D eigenvalue weighted by Crippen LogP contribution is -2.44. The van der Waals surface area contributed by atoms with Gasteiger partial charge in [-0.15, -0.1) is 0 Å². The molecule has 0 unspecified atom stereocenters. The number of pyridine rings is 1. The van der Waals surface area contributed by atoms with E-state index in [2.05, 4.69) is 20.3 Å². The summed E-state index contributed by atoms with van der Waals surface area (Å²) in [5.74, 6) is 0.529. The standard InChI is InChI=1S/C19H16FN5O2/c1-10-15-13(16-23-18(25-26-16)19(21)7-2-8-19)9-14(22-17(15)27-24-10)11-3-5-12(20)6-4-11/h3-6,9H,2,7-8,21H2,1H3. The molecule has 0 radical (unpaired) electrons. The molecule has 4 aromatic rings. The van der Waals surface area contributed by atoms with Gasteiger partial charge in [0, 0.05) is 5.56 Å². The van der Waals surface area contributed by atoms with Gasteiger partial charge in [-0.2, -0.15) is 4.98 Å². The van der Waals surface area contributed by atoms with Gasteiger partial charge >= 0.3 is 0 Å². The van der Waals surface area contributed by atoms with Gasteiger partial charge in [-0.25, -0.2) is 9.37 Å². The minimum Gasteiger partial charge on any atom is -0.335 e. The molecule has 0 amide bonds. The van der Waals surface area contributed by atoms with Crippen molar-refractivity contribution in [2.24, 2.45) is 5.73 Å². The van der Waals surface area contributed by atoms with Gasteiger partial charge in [-0.1, -0.05) is 10.3 Å². The highest BCUT2D eigenvalue weighted by Crippen LogP contribution is 2.39. The zero-order valence-corrected chi connectivity index (χ0v) is 14.6. The molecule has 2 N–H and O–H groups in total. The van der Waals surface area contributed by atoms with Gasteiger partial charge in [-0.05, 0) is 56.5 Å². The Kier molecular flexibility index (Phi) is 3.38. The maximum Gasteiger partial charge on any atom is 0.259 e. The SMILES string of the molecule is Cc1noc2nc(-c3ccc(F)cc3)cc(-c3nc(C4(N)CCC4)no3)c12. The van der Waals surface area contributed by atoms with Crippen molar-refractivity contribution in [3.05, 3.63) is 47.7 Å². The van der Waals surface area contributed by atoms with E-state index in [1.807, 2.05) is 13.0 Å². The van der Waals surface area contributed by atoms with Crippen molar-refractivity contribution in [2.75, 3.05) is 0 Å². The molecule has 8 heteroatoms. The van der Waals surface area contributed by atoms with Gasteiger partial charge in [0.2, 0.25) is 0 Å². The Morgan fingerprint density at radius 3 is 2.56 bits per heavy atom. The highest BCUT2D eigenvalue weighted by molar-refractivity contribution is 5.93. The van der Waals surface area contributed by atoms with Crippen LogP contribution >= 0.6 is 0 Å². The first-order chi connectivity index (χ1) is 13.0. The largest absolute Gasteiger partial charge is 0.335 e. The number of halogens is 1. The summed E-state index contributed by atoms with van der Waals surface area (Å²) in [6.45, 7) is 1.82. The second kappa shape index (κ2) is 5.68. The summed E-state index contributed by atoms with van der Waals surface area (Å²) in [6.07, 6.45) is 2.73. The van der Waals surface area contributed by atoms with Crippen LogP contribution in [-0.4, -0.2) is 20.3 Å². The Morgan fingerprint density at radius 1 is 1.07 bits per heavy atom. The van der Waals surface area contributed by atoms with E-state index in [0.717, 1.165) is 24.8 Å². The molecule has 136 valence electrons. The van der Waals surface area contributed by atoms with Gasteiger partial charge in [0.15, 0.2) is 5.82 Å². The van der Waals surface area contributed by atoms with Crippen LogP contribution in [0.3, 0.4) is 0 Å². The van der Waals surface area contributed by atoms with Crippen LogP contribution in [0.15, 0.2) is 39.4 Å². The van der Waals surface area contributed by atoms with Crippen molar-refractivity contribution >= 4 is 11.1 Å². The van der Waals surface area contributed by atoms with E-state index in [4.69, 9.17) is 14.8 Å². The highest BCUT2D eigenvalue weighted by Gasteiger charge is 2.39. The first-order valence-electron chi connectivity index (χ1n) is 8.70. The molecule has 3 heterocycles. The van der Waals surface area contributed by atoms with Crippen LogP contribution in [0, 0.1) is 12.7 Å². The second-order valence-corrected chi connectivity index (χ2v) is 6.94. The topological polar surface area (TPSA) is 104 Å². The number of fused-ring (bicyclic) bond motifs is 1. The fraction of sp³-hybridized carbons (Fsp3) is 0.263. The molecule has 27 heavy (non-hydrogen) atoms. The summed E-state index contributed by atoms with van der Waals surface area (Å²) >= 11 is 0. The molecule has 1 saturated carbocycles. The number of hydrogen-bond donors (Lipinski definition) is 1. The zero-order chi connectivity index (χ0) is 18.6. The fourth-order valence-corrected chi connectivity index (χ4v) is 3.35. The van der Waals surface area contributed by atoms with Crippen molar-refractivity contribution in [3.8, 4) is 22.7 Å². The number of rotatable bonds is 3. The van der Waals surface area contributed by atoms with Crippen LogP contribution in [0.25, 0.3) is 33.8 Å². The fourth-order valence-electron chi connectivity index (χ4n) is 3.35. The lowest BCUT2D eigenvalue weighted by atomic mass is 9.77. The first-order valence-corrected chi connectivity index (χ1v) is 8.70. The summed E-state index contributed by atoms with van der Waals surface area (Å²) in [5.41, 5.74) is 8.82. The Morgan fingerprint density at radius 2 is 1.85 bits per heavy atom. The van der Waals surface area contributed by atoms with Crippen molar-refractivity contribution in [1.82, 2.24) is 20.3 Å². The Labute approximate surface area is 153 Å². The van der Waals surface area contributed by atoms with Crippen LogP contribution in [0.5, 0.6) is 0 Å². The molecular weight excluding hydrogens is 349 g/mol. The molecule has 5 rings (SSSR count). The van der Waals surface area contributed by atoms with Crippen molar-refractivity contribution in [1.29, 1.82) is 0 Å². The van der Waals surface area contributed by atoms with Gasteiger partial charge in [0.25, 0.3) is 11.6 Å². The third-order valence-electron chi connectivity index (χ3n) is 5.10. The van der Waals surface area contributed by atoms with E-state index in [1.165, 1.54) is 12.1 Å². The zero-order valence-electron chi connectivity index (χ0n) is 14.6. The molecule has 0 aliphatic heterocycles. The van der Waals surface area contributed by atoms with Crippen LogP contribution in [0.1, 0.15) is 30.8 Å². The van der Waals surface area contributed by atoms with Crippen molar-refractivity contribution in [2.45, 2.75) is 31.7 Å². The summed E-state index contributed by atoms with van der Waals surface area (Å²) in [6, 6.07) is 7.89. The van der Waals surface area contributed by atoms with E-state index >= 15 is 0 Å². The summed E-state index contributed by atoms with van der Waals surface area (Å²) in [4.78, 5) is 9.03. The Hall–Kier alpha value is -3.13. The minimum atomic E-state index is -0.516. The molecule has 1 aromatic carbocycles. The quantitative estimate of drug-likeness (QED) is 0.590. The van der Waals surface area contributed by atoms with Gasteiger partial charge in [0.1, 0.15) is 5.82 Å². The van der Waals surface area contributed by atoms with Crippen molar-refractivity contribution < 1.29 is 13.4 Å². The molecular formula is C19H16FN5O2. The predicted molar refractivity (Wildman–Crippen MR) is 94.9 cm³/mol. The van der Waals surface area contributed by atoms with Crippen LogP contribution in [0.4, 0.5) is 4.39 Å². The second-order valence-electron chi connectivity index (χ2n) is 6.94. The number of aryl methyl sites for hydroxylation is 1. The monoisotopic (exact) mass is 365 g/mol. The molecule has 0 saturated heterocycles. The van der Waals surface area contributed by atoms with Crippen molar-refractivity contribution in [3.63, 3.8) is 0 Å². The molecule has 1 aliphatic rings. The molecule has 1 fully saturated rings. The van der Waals surface area contributed by atoms with Crippen LogP contribution in [0.2, 0.25) is 0 Å². The molecule has 0 atom stereocenters. The first kappa shape index (κ1) is 16.1. The minimum absolute atomic E-state index is 0.314. The van der Waals surface area contributed by atoms with Gasteiger partial charge < -0.3 is 14.8 Å². The average molecular weight is 365 g/mol. The van der Waals surface area contributed by atoms with E-state index in [9.17, 15) is 4.39 Å². The maximum absolute atomic E-state index is 13.3. The summed E-state index contributed by atoms with van der Waals surface area (Å²) in [7, 11) is 0. The molecule has 0 bridgehead atoms. The Bertz CT molecular complexity index is 1140. The third-order valence-corrected chi connectivity index (χ3v) is 5.10. The van der Waals surface area contributed by atoms with Crippen LogP contribution in [-0.2, 0) is 5.54 Å². The predicted octanol–water partition coefficient (Wildman–Crippen LogP) is 3.73. The molecule has 1 aliphatic carbocycles. The maximum atomic E-state index is 13.3. The average Bonchev–Trinajstić information content (AvgIpc) is 3.27. The smallest absolute Gasteiger partial charge is 0.259 e. The van der Waals surface area contributed by atoms with E-state index in [-0.39, 0.29) is 5.82 Å². The van der Waals surface area contributed by atoms with Gasteiger partial charge in [-0.3, -0.25) is 0 Å². The number of benzene rings is 1. The molecule has 3 aromatic heterocycles. The Balaban J connectivity index is 1.68. The number of aromatic nitrogens is 4. The van der Waals surface area contributed by atoms with E-state index < -0.39 is 5.54 Å². The van der Waals surface area contributed by atoms with Crippen LogP contribution < -0.4 is 5.73 Å². The normalized spacial score (nSPS) is 15.8. The molecule has 7 nitrogen and oxygen atoms in total.